The molecule has 0 N–H and O–H groups in total. The maximum absolute atomic E-state index is 11.3. The molecule has 0 aromatic heterocycles. The number of ether oxygens (including phenoxy) is 2. The number of methoxy groups -OCH3 is 1. The molecule has 0 saturated heterocycles. The van der Waals surface area contributed by atoms with Gasteiger partial charge in [0.05, 0.1) is 7.11 Å². The maximum atomic E-state index is 11.3. The Kier molecular flexibility index (Phi) is 11.5. The molecule has 0 bridgehead atoms. The largest absolute Gasteiger partial charge is 0.489 e. The highest BCUT2D eigenvalue weighted by molar-refractivity contribution is 5.87. The van der Waals surface area contributed by atoms with Crippen molar-refractivity contribution in [2.45, 2.75) is 60.3 Å². The van der Waals surface area contributed by atoms with E-state index in [1.807, 2.05) is 25.1 Å². The van der Waals surface area contributed by atoms with E-state index in [2.05, 4.69) is 50.7 Å². The minimum Gasteiger partial charge on any atom is -0.489 e. The highest BCUT2D eigenvalue weighted by Crippen LogP contribution is 2.22. The van der Waals surface area contributed by atoms with E-state index < -0.39 is 0 Å². The fourth-order valence-corrected chi connectivity index (χ4v) is 2.74. The van der Waals surface area contributed by atoms with Crippen molar-refractivity contribution in [1.29, 1.82) is 0 Å². The summed E-state index contributed by atoms with van der Waals surface area (Å²) in [6.07, 6.45) is 14.2. The normalized spacial score (nSPS) is 12.2. The van der Waals surface area contributed by atoms with Gasteiger partial charge < -0.3 is 9.47 Å². The first-order valence-electron chi connectivity index (χ1n) is 10.3. The Balaban J connectivity index is 2.55. The standard InChI is InChI=1S/C26H36O3/c1-20(2)9-7-10-21(3)11-8-12-22(4)17-18-29-25-19-23(5)13-14-24(25)15-16-26(27)28-6/h9,11,13-17,19H,7-8,10,12,18H2,1-6H3/b16-15+,21-11-,22-17+. The van der Waals surface area contributed by atoms with Gasteiger partial charge in [-0.25, -0.2) is 4.79 Å². The van der Waals surface area contributed by atoms with Crippen molar-refractivity contribution >= 4 is 12.0 Å². The van der Waals surface area contributed by atoms with Gasteiger partial charge in [0.25, 0.3) is 0 Å². The molecule has 1 rings (SSSR count). The third-order valence-electron chi connectivity index (χ3n) is 4.56. The van der Waals surface area contributed by atoms with Crippen LogP contribution in [0.2, 0.25) is 0 Å². The van der Waals surface area contributed by atoms with Crippen LogP contribution in [0.1, 0.15) is 64.5 Å². The van der Waals surface area contributed by atoms with Crippen molar-refractivity contribution in [2.24, 2.45) is 0 Å². The molecule has 0 saturated carbocycles. The van der Waals surface area contributed by atoms with E-state index in [4.69, 9.17) is 4.74 Å². The Morgan fingerprint density at radius 3 is 2.28 bits per heavy atom. The first-order valence-corrected chi connectivity index (χ1v) is 10.3. The van der Waals surface area contributed by atoms with E-state index >= 15 is 0 Å². The molecule has 0 atom stereocenters. The number of hydrogen-bond donors (Lipinski definition) is 0. The summed E-state index contributed by atoms with van der Waals surface area (Å²) >= 11 is 0. The number of benzene rings is 1. The summed E-state index contributed by atoms with van der Waals surface area (Å²) in [6.45, 7) is 11.2. The van der Waals surface area contributed by atoms with Gasteiger partial charge in [-0.1, -0.05) is 41.0 Å². The van der Waals surface area contributed by atoms with Crippen LogP contribution in [0, 0.1) is 6.92 Å². The van der Waals surface area contributed by atoms with Crippen LogP contribution in [-0.2, 0) is 9.53 Å². The van der Waals surface area contributed by atoms with E-state index in [1.54, 1.807) is 6.08 Å². The minimum absolute atomic E-state index is 0.378. The van der Waals surface area contributed by atoms with Gasteiger partial charge in [-0.15, -0.1) is 0 Å². The van der Waals surface area contributed by atoms with Gasteiger partial charge >= 0.3 is 5.97 Å². The zero-order valence-electron chi connectivity index (χ0n) is 18.9. The van der Waals surface area contributed by atoms with Crippen LogP contribution in [0.5, 0.6) is 5.75 Å². The molecule has 0 spiro atoms. The lowest BCUT2D eigenvalue weighted by Gasteiger charge is -2.09. The summed E-state index contributed by atoms with van der Waals surface area (Å²) in [6, 6.07) is 5.93. The number of carbonyl (C=O) groups excluding carboxylic acids is 1. The predicted octanol–water partition coefficient (Wildman–Crippen LogP) is 6.98. The second-order valence-corrected chi connectivity index (χ2v) is 7.67. The van der Waals surface area contributed by atoms with Crippen molar-refractivity contribution in [2.75, 3.05) is 13.7 Å². The second kappa shape index (κ2) is 13.6. The first-order chi connectivity index (χ1) is 13.8. The number of esters is 1. The fourth-order valence-electron chi connectivity index (χ4n) is 2.74. The molecule has 1 aromatic carbocycles. The molecular weight excluding hydrogens is 360 g/mol. The SMILES string of the molecule is COC(=O)/C=C/c1ccc(C)cc1OC/C=C(\C)CC/C=C(/C)CCC=C(C)C. The van der Waals surface area contributed by atoms with E-state index in [0.717, 1.165) is 42.6 Å². The average molecular weight is 397 g/mol. The summed E-state index contributed by atoms with van der Waals surface area (Å²) in [5, 5.41) is 0. The second-order valence-electron chi connectivity index (χ2n) is 7.67. The minimum atomic E-state index is -0.378. The summed E-state index contributed by atoms with van der Waals surface area (Å²) in [5.41, 5.74) is 6.13. The number of aryl methyl sites for hydroxylation is 1. The Labute approximate surface area is 176 Å². The van der Waals surface area contributed by atoms with Crippen LogP contribution >= 0.6 is 0 Å². The van der Waals surface area contributed by atoms with Gasteiger partial charge in [-0.2, -0.15) is 0 Å². The Hall–Kier alpha value is -2.55. The van der Waals surface area contributed by atoms with Gasteiger partial charge in [0.1, 0.15) is 12.4 Å². The topological polar surface area (TPSA) is 35.5 Å². The maximum Gasteiger partial charge on any atom is 0.330 e. The van der Waals surface area contributed by atoms with Crippen LogP contribution in [0.3, 0.4) is 0 Å². The third-order valence-corrected chi connectivity index (χ3v) is 4.56. The Morgan fingerprint density at radius 2 is 1.62 bits per heavy atom. The van der Waals surface area contributed by atoms with E-state index in [0.29, 0.717) is 6.61 Å². The van der Waals surface area contributed by atoms with Crippen molar-refractivity contribution in [1.82, 2.24) is 0 Å². The molecule has 0 amide bonds. The molecule has 0 fully saturated rings. The molecule has 0 heterocycles. The van der Waals surface area contributed by atoms with Crippen LogP contribution in [0.15, 0.2) is 59.2 Å². The van der Waals surface area contributed by atoms with Gasteiger partial charge in [-0.3, -0.25) is 0 Å². The van der Waals surface area contributed by atoms with Crippen molar-refractivity contribution in [3.63, 3.8) is 0 Å². The van der Waals surface area contributed by atoms with Crippen molar-refractivity contribution in [3.8, 4) is 5.75 Å². The molecule has 0 aliphatic rings. The lowest BCUT2D eigenvalue weighted by molar-refractivity contribution is -0.134. The molecule has 0 aliphatic heterocycles. The molecular formula is C26H36O3. The smallest absolute Gasteiger partial charge is 0.330 e. The van der Waals surface area contributed by atoms with E-state index in [9.17, 15) is 4.79 Å². The van der Waals surface area contributed by atoms with Crippen LogP contribution < -0.4 is 4.74 Å². The number of carbonyl (C=O) groups is 1. The zero-order valence-corrected chi connectivity index (χ0v) is 18.9. The fraction of sp³-hybridized carbons (Fsp3) is 0.423. The van der Waals surface area contributed by atoms with Crippen LogP contribution in [0.4, 0.5) is 0 Å². The molecule has 0 radical (unpaired) electrons. The third kappa shape index (κ3) is 11.1. The molecule has 3 nitrogen and oxygen atoms in total. The molecule has 0 unspecified atom stereocenters. The Bertz CT molecular complexity index is 775. The van der Waals surface area contributed by atoms with Crippen LogP contribution in [0.25, 0.3) is 6.08 Å². The monoisotopic (exact) mass is 396 g/mol. The summed E-state index contributed by atoms with van der Waals surface area (Å²) < 4.78 is 10.6. The van der Waals surface area contributed by atoms with Gasteiger partial charge in [0, 0.05) is 11.6 Å². The van der Waals surface area contributed by atoms with Gasteiger partial charge in [-0.05, 0) is 84.1 Å². The molecule has 0 aliphatic carbocycles. The molecule has 29 heavy (non-hydrogen) atoms. The highest BCUT2D eigenvalue weighted by atomic mass is 16.5. The number of allylic oxidation sites excluding steroid dienone is 5. The van der Waals surface area contributed by atoms with Gasteiger partial charge in [0.2, 0.25) is 0 Å². The van der Waals surface area contributed by atoms with Crippen molar-refractivity contribution < 1.29 is 14.3 Å². The quantitative estimate of drug-likeness (QED) is 0.230. The summed E-state index contributed by atoms with van der Waals surface area (Å²) in [5.74, 6) is 0.390. The summed E-state index contributed by atoms with van der Waals surface area (Å²) in [4.78, 5) is 11.3. The molecule has 158 valence electrons. The molecule has 3 heteroatoms. The zero-order chi connectivity index (χ0) is 21.6. The number of rotatable bonds is 11. The van der Waals surface area contributed by atoms with E-state index in [1.165, 1.54) is 29.9 Å². The van der Waals surface area contributed by atoms with E-state index in [-0.39, 0.29) is 5.97 Å². The molecule has 1 aromatic rings. The Morgan fingerprint density at radius 1 is 0.966 bits per heavy atom. The van der Waals surface area contributed by atoms with Crippen molar-refractivity contribution in [3.05, 3.63) is 70.3 Å². The van der Waals surface area contributed by atoms with Crippen LogP contribution in [-0.4, -0.2) is 19.7 Å². The highest BCUT2D eigenvalue weighted by Gasteiger charge is 2.02. The number of hydrogen-bond acceptors (Lipinski definition) is 3. The predicted molar refractivity (Wildman–Crippen MR) is 123 cm³/mol. The average Bonchev–Trinajstić information content (AvgIpc) is 2.66. The lowest BCUT2D eigenvalue weighted by Crippen LogP contribution is -1.98. The summed E-state index contributed by atoms with van der Waals surface area (Å²) in [7, 11) is 1.37. The van der Waals surface area contributed by atoms with Gasteiger partial charge in [0.15, 0.2) is 0 Å². The first kappa shape index (κ1) is 24.5. The lowest BCUT2D eigenvalue weighted by atomic mass is 10.1.